The molecule has 3 rings (SSSR count). The fraction of sp³-hybridized carbons (Fsp3) is 0.611. The Labute approximate surface area is 144 Å². The molecule has 0 saturated carbocycles. The molecule has 2 aliphatic rings. The molecule has 1 N–H and O–H groups in total. The van der Waals surface area contributed by atoms with E-state index in [9.17, 15) is 23.1 Å². The van der Waals surface area contributed by atoms with E-state index in [0.29, 0.717) is 39.0 Å². The van der Waals surface area contributed by atoms with Crippen molar-refractivity contribution >= 4 is 5.91 Å². The highest BCUT2D eigenvalue weighted by atomic mass is 19.4. The van der Waals surface area contributed by atoms with Crippen LogP contribution in [0.3, 0.4) is 0 Å². The number of amides is 1. The molecule has 2 heterocycles. The lowest BCUT2D eigenvalue weighted by Gasteiger charge is -2.46. The van der Waals surface area contributed by atoms with E-state index in [0.717, 1.165) is 12.5 Å². The van der Waals surface area contributed by atoms with Gasteiger partial charge in [0.15, 0.2) is 0 Å². The maximum absolute atomic E-state index is 13.1. The van der Waals surface area contributed by atoms with Crippen molar-refractivity contribution in [3.63, 3.8) is 0 Å². The highest BCUT2D eigenvalue weighted by molar-refractivity contribution is 5.79. The number of halogens is 3. The van der Waals surface area contributed by atoms with Crippen LogP contribution in [0, 0.1) is 0 Å². The van der Waals surface area contributed by atoms with Crippen molar-refractivity contribution in [2.75, 3.05) is 19.7 Å². The van der Waals surface area contributed by atoms with Gasteiger partial charge in [0, 0.05) is 19.7 Å². The van der Waals surface area contributed by atoms with Crippen molar-refractivity contribution in [2.24, 2.45) is 0 Å². The second-order valence-corrected chi connectivity index (χ2v) is 6.78. The van der Waals surface area contributed by atoms with Crippen LogP contribution in [0.25, 0.3) is 0 Å². The SMILES string of the molecule is O=C(Cc1ccccc1C(F)(F)F)N1CCC2(CC1)OCCC[C@@H]2O. The fourth-order valence-electron chi connectivity index (χ4n) is 3.75. The summed E-state index contributed by atoms with van der Waals surface area (Å²) in [6.45, 7) is 1.39. The van der Waals surface area contributed by atoms with E-state index in [-0.39, 0.29) is 17.9 Å². The molecule has 1 spiro atoms. The first-order valence-electron chi connectivity index (χ1n) is 8.57. The number of likely N-dealkylation sites (tertiary alicyclic amines) is 1. The molecular weight excluding hydrogens is 335 g/mol. The molecule has 2 aliphatic heterocycles. The summed E-state index contributed by atoms with van der Waals surface area (Å²) in [7, 11) is 0. The summed E-state index contributed by atoms with van der Waals surface area (Å²) in [5.41, 5.74) is -1.36. The predicted octanol–water partition coefficient (Wildman–Crippen LogP) is 2.78. The topological polar surface area (TPSA) is 49.8 Å². The smallest absolute Gasteiger partial charge is 0.390 e. The zero-order valence-corrected chi connectivity index (χ0v) is 13.9. The second kappa shape index (κ2) is 6.96. The van der Waals surface area contributed by atoms with Crippen LogP contribution >= 0.6 is 0 Å². The first kappa shape index (κ1) is 18.2. The van der Waals surface area contributed by atoms with Crippen LogP contribution in [0.1, 0.15) is 36.8 Å². The molecule has 0 radical (unpaired) electrons. The van der Waals surface area contributed by atoms with E-state index in [4.69, 9.17) is 4.74 Å². The van der Waals surface area contributed by atoms with Gasteiger partial charge in [0.25, 0.3) is 0 Å². The first-order valence-corrected chi connectivity index (χ1v) is 8.57. The summed E-state index contributed by atoms with van der Waals surface area (Å²) in [6.07, 6.45) is -2.74. The summed E-state index contributed by atoms with van der Waals surface area (Å²) >= 11 is 0. The van der Waals surface area contributed by atoms with Crippen LogP contribution in [0.2, 0.25) is 0 Å². The average Bonchev–Trinajstić information content (AvgIpc) is 2.58. The Hall–Kier alpha value is -1.60. The van der Waals surface area contributed by atoms with Crippen LogP contribution in [-0.2, 0) is 22.1 Å². The normalized spacial score (nSPS) is 23.7. The minimum Gasteiger partial charge on any atom is -0.390 e. The summed E-state index contributed by atoms with van der Waals surface area (Å²) in [4.78, 5) is 14.0. The number of nitrogens with zero attached hydrogens (tertiary/aromatic N) is 1. The molecule has 0 aromatic heterocycles. The monoisotopic (exact) mass is 357 g/mol. The van der Waals surface area contributed by atoms with E-state index in [1.54, 1.807) is 4.90 Å². The van der Waals surface area contributed by atoms with Gasteiger partial charge in [0.1, 0.15) is 0 Å². The number of rotatable bonds is 2. The van der Waals surface area contributed by atoms with Crippen molar-refractivity contribution in [1.29, 1.82) is 0 Å². The number of carbonyl (C=O) groups is 1. The van der Waals surface area contributed by atoms with Gasteiger partial charge in [0.2, 0.25) is 5.91 Å². The number of carbonyl (C=O) groups excluding carboxylic acids is 1. The van der Waals surface area contributed by atoms with Gasteiger partial charge in [-0.25, -0.2) is 0 Å². The fourth-order valence-corrected chi connectivity index (χ4v) is 3.75. The van der Waals surface area contributed by atoms with Crippen molar-refractivity contribution in [1.82, 2.24) is 4.90 Å². The number of ether oxygens (including phenoxy) is 1. The molecular formula is C18H22F3NO3. The minimum atomic E-state index is -4.47. The Bertz CT molecular complexity index is 624. The highest BCUT2D eigenvalue weighted by Gasteiger charge is 2.44. The van der Waals surface area contributed by atoms with E-state index in [1.165, 1.54) is 18.2 Å². The molecule has 0 aliphatic carbocycles. The maximum Gasteiger partial charge on any atom is 0.416 e. The lowest BCUT2D eigenvalue weighted by Crippen LogP contribution is -2.56. The predicted molar refractivity (Wildman–Crippen MR) is 84.9 cm³/mol. The van der Waals surface area contributed by atoms with E-state index in [2.05, 4.69) is 0 Å². The number of alkyl halides is 3. The lowest BCUT2D eigenvalue weighted by molar-refractivity contribution is -0.179. The van der Waals surface area contributed by atoms with Gasteiger partial charge < -0.3 is 14.7 Å². The van der Waals surface area contributed by atoms with E-state index < -0.39 is 23.4 Å². The molecule has 2 fully saturated rings. The van der Waals surface area contributed by atoms with Gasteiger partial charge in [-0.05, 0) is 37.3 Å². The maximum atomic E-state index is 13.1. The number of benzene rings is 1. The standard InChI is InChI=1S/C18H22F3NO3/c19-18(20,21)14-5-2-1-4-13(14)12-16(24)22-9-7-17(8-10-22)15(23)6-3-11-25-17/h1-2,4-5,15,23H,3,6-12H2/t15-/m0/s1. The van der Waals surface area contributed by atoms with Crippen molar-refractivity contribution in [3.05, 3.63) is 35.4 Å². The molecule has 4 nitrogen and oxygen atoms in total. The number of aliphatic hydroxyl groups excluding tert-OH is 1. The van der Waals surface area contributed by atoms with E-state index in [1.807, 2.05) is 0 Å². The average molecular weight is 357 g/mol. The third kappa shape index (κ3) is 3.82. The number of hydrogen-bond acceptors (Lipinski definition) is 3. The number of piperidine rings is 1. The van der Waals surface area contributed by atoms with Gasteiger partial charge in [-0.15, -0.1) is 0 Å². The van der Waals surface area contributed by atoms with Crippen LogP contribution in [0.15, 0.2) is 24.3 Å². The Morgan fingerprint density at radius 2 is 1.96 bits per heavy atom. The summed E-state index contributed by atoms with van der Waals surface area (Å²) in [6, 6.07) is 5.18. The largest absolute Gasteiger partial charge is 0.416 e. The van der Waals surface area contributed by atoms with Gasteiger partial charge >= 0.3 is 6.18 Å². The molecule has 25 heavy (non-hydrogen) atoms. The molecule has 0 bridgehead atoms. The highest BCUT2D eigenvalue weighted by Crippen LogP contribution is 2.36. The van der Waals surface area contributed by atoms with Crippen LogP contribution in [-0.4, -0.2) is 47.3 Å². The summed E-state index contributed by atoms with van der Waals surface area (Å²) in [5.74, 6) is -0.322. The minimum absolute atomic E-state index is 0.00534. The Balaban J connectivity index is 1.64. The van der Waals surface area contributed by atoms with Crippen LogP contribution in [0.5, 0.6) is 0 Å². The quantitative estimate of drug-likeness (QED) is 0.886. The van der Waals surface area contributed by atoms with Crippen LogP contribution in [0.4, 0.5) is 13.2 Å². The van der Waals surface area contributed by atoms with Gasteiger partial charge in [-0.1, -0.05) is 18.2 Å². The Morgan fingerprint density at radius 1 is 1.28 bits per heavy atom. The van der Waals surface area contributed by atoms with Gasteiger partial charge in [-0.3, -0.25) is 4.79 Å². The van der Waals surface area contributed by atoms with Crippen molar-refractivity contribution in [3.8, 4) is 0 Å². The first-order chi connectivity index (χ1) is 11.8. The zero-order chi connectivity index (χ0) is 18.1. The van der Waals surface area contributed by atoms with Crippen LogP contribution < -0.4 is 0 Å². The van der Waals surface area contributed by atoms with Crippen molar-refractivity contribution in [2.45, 2.75) is 50.0 Å². The number of hydrogen-bond donors (Lipinski definition) is 1. The van der Waals surface area contributed by atoms with Crippen molar-refractivity contribution < 1.29 is 27.8 Å². The molecule has 7 heteroatoms. The zero-order valence-electron chi connectivity index (χ0n) is 13.9. The third-order valence-corrected chi connectivity index (χ3v) is 5.25. The lowest BCUT2D eigenvalue weighted by atomic mass is 9.82. The Morgan fingerprint density at radius 3 is 2.60 bits per heavy atom. The molecule has 2 saturated heterocycles. The number of aliphatic hydroxyl groups is 1. The van der Waals surface area contributed by atoms with E-state index >= 15 is 0 Å². The molecule has 1 atom stereocenters. The molecule has 1 amide bonds. The molecule has 1 aromatic carbocycles. The molecule has 0 unspecified atom stereocenters. The summed E-state index contributed by atoms with van der Waals surface area (Å²) < 4.78 is 45.0. The van der Waals surface area contributed by atoms with Gasteiger partial charge in [0.05, 0.1) is 23.7 Å². The Kier molecular flexibility index (Phi) is 5.06. The second-order valence-electron chi connectivity index (χ2n) is 6.78. The third-order valence-electron chi connectivity index (χ3n) is 5.25. The molecule has 138 valence electrons. The van der Waals surface area contributed by atoms with Gasteiger partial charge in [-0.2, -0.15) is 13.2 Å². The molecule has 1 aromatic rings. The summed E-state index contributed by atoms with van der Waals surface area (Å²) in [5, 5.41) is 10.2.